The first-order valence-electron chi connectivity index (χ1n) is 7.17. The van der Waals surface area contributed by atoms with E-state index in [2.05, 4.69) is 5.32 Å². The summed E-state index contributed by atoms with van der Waals surface area (Å²) < 4.78 is 0. The van der Waals surface area contributed by atoms with E-state index in [1.54, 1.807) is 12.1 Å². The van der Waals surface area contributed by atoms with Gasteiger partial charge in [0.25, 0.3) is 0 Å². The van der Waals surface area contributed by atoms with Gasteiger partial charge in [0.15, 0.2) is 0 Å². The molecule has 1 aliphatic carbocycles. The molecule has 114 valence electrons. The summed E-state index contributed by atoms with van der Waals surface area (Å²) in [6.07, 6.45) is 1.20. The molecule has 21 heavy (non-hydrogen) atoms. The third-order valence-corrected chi connectivity index (χ3v) is 4.39. The second-order valence-electron chi connectivity index (χ2n) is 5.91. The number of aliphatic carboxylic acids is 1. The molecule has 0 heterocycles. The number of halogens is 1. The fourth-order valence-electron chi connectivity index (χ4n) is 3.03. The van der Waals surface area contributed by atoms with Crippen LogP contribution >= 0.6 is 11.6 Å². The van der Waals surface area contributed by atoms with E-state index in [1.165, 1.54) is 0 Å². The van der Waals surface area contributed by atoms with E-state index in [4.69, 9.17) is 11.6 Å². The van der Waals surface area contributed by atoms with E-state index in [1.807, 2.05) is 26.0 Å². The minimum Gasteiger partial charge on any atom is -0.481 e. The highest BCUT2D eigenvalue weighted by atomic mass is 35.5. The van der Waals surface area contributed by atoms with E-state index in [9.17, 15) is 14.7 Å². The molecule has 0 aliphatic heterocycles. The summed E-state index contributed by atoms with van der Waals surface area (Å²) in [4.78, 5) is 23.6. The van der Waals surface area contributed by atoms with Crippen LogP contribution in [0.15, 0.2) is 24.3 Å². The van der Waals surface area contributed by atoms with Crippen molar-refractivity contribution in [2.24, 2.45) is 17.8 Å². The van der Waals surface area contributed by atoms with Gasteiger partial charge < -0.3 is 10.4 Å². The van der Waals surface area contributed by atoms with Crippen LogP contribution in [0.25, 0.3) is 0 Å². The molecular weight excluding hydrogens is 290 g/mol. The van der Waals surface area contributed by atoms with Gasteiger partial charge in [0.05, 0.1) is 17.9 Å². The highest BCUT2D eigenvalue weighted by Crippen LogP contribution is 2.36. The molecule has 4 nitrogen and oxygen atoms in total. The lowest BCUT2D eigenvalue weighted by Crippen LogP contribution is -2.36. The SMILES string of the molecule is CC1CC(C(=O)O)C(C(=O)NC(C)c2cccc(Cl)c2)C1. The van der Waals surface area contributed by atoms with Crippen LogP contribution in [-0.2, 0) is 9.59 Å². The van der Waals surface area contributed by atoms with Crippen LogP contribution < -0.4 is 5.32 Å². The number of benzene rings is 1. The standard InChI is InChI=1S/C16H20ClNO3/c1-9-6-13(14(7-9)16(20)21)15(19)18-10(2)11-4-3-5-12(17)8-11/h3-5,8-10,13-14H,6-7H2,1-2H3,(H,18,19)(H,20,21). The molecule has 1 amide bonds. The van der Waals surface area contributed by atoms with Crippen molar-refractivity contribution in [3.05, 3.63) is 34.9 Å². The predicted octanol–water partition coefficient (Wildman–Crippen LogP) is 3.26. The number of carboxylic acid groups (broad SMARTS) is 1. The average molecular weight is 310 g/mol. The Morgan fingerprint density at radius 3 is 2.62 bits per heavy atom. The number of carboxylic acids is 1. The Morgan fingerprint density at radius 1 is 1.33 bits per heavy atom. The van der Waals surface area contributed by atoms with Gasteiger partial charge in [0.1, 0.15) is 0 Å². The monoisotopic (exact) mass is 309 g/mol. The Bertz CT molecular complexity index is 546. The Balaban J connectivity index is 2.05. The summed E-state index contributed by atoms with van der Waals surface area (Å²) in [5, 5.41) is 12.8. The van der Waals surface area contributed by atoms with Gasteiger partial charge in [0.2, 0.25) is 5.91 Å². The molecule has 1 fully saturated rings. The summed E-state index contributed by atoms with van der Waals surface area (Å²) in [6.45, 7) is 3.86. The third-order valence-electron chi connectivity index (χ3n) is 4.16. The molecule has 0 saturated heterocycles. The van der Waals surface area contributed by atoms with Crippen LogP contribution in [0.4, 0.5) is 0 Å². The van der Waals surface area contributed by atoms with Crippen molar-refractivity contribution in [1.29, 1.82) is 0 Å². The molecule has 2 rings (SSSR count). The predicted molar refractivity (Wildman–Crippen MR) is 81.0 cm³/mol. The number of rotatable bonds is 4. The molecule has 0 radical (unpaired) electrons. The molecule has 1 aromatic rings. The van der Waals surface area contributed by atoms with Crippen molar-refractivity contribution in [2.75, 3.05) is 0 Å². The summed E-state index contributed by atoms with van der Waals surface area (Å²) in [7, 11) is 0. The maximum Gasteiger partial charge on any atom is 0.307 e. The van der Waals surface area contributed by atoms with Crippen LogP contribution in [0.3, 0.4) is 0 Å². The lowest BCUT2D eigenvalue weighted by molar-refractivity contribution is -0.146. The van der Waals surface area contributed by atoms with Gasteiger partial charge in [0, 0.05) is 5.02 Å². The van der Waals surface area contributed by atoms with Crippen molar-refractivity contribution in [2.45, 2.75) is 32.7 Å². The fraction of sp³-hybridized carbons (Fsp3) is 0.500. The second-order valence-corrected chi connectivity index (χ2v) is 6.35. The van der Waals surface area contributed by atoms with Crippen LogP contribution in [0.5, 0.6) is 0 Å². The smallest absolute Gasteiger partial charge is 0.307 e. The molecule has 4 atom stereocenters. The van der Waals surface area contributed by atoms with Crippen molar-refractivity contribution in [3.63, 3.8) is 0 Å². The first-order chi connectivity index (χ1) is 9.88. The molecule has 0 aromatic heterocycles. The van der Waals surface area contributed by atoms with Crippen LogP contribution in [0.2, 0.25) is 5.02 Å². The first-order valence-corrected chi connectivity index (χ1v) is 7.55. The van der Waals surface area contributed by atoms with Gasteiger partial charge in [-0.15, -0.1) is 0 Å². The molecule has 1 aromatic carbocycles. The summed E-state index contributed by atoms with van der Waals surface area (Å²) >= 11 is 5.95. The third kappa shape index (κ3) is 3.76. The van der Waals surface area contributed by atoms with E-state index in [0.717, 1.165) is 5.56 Å². The Labute approximate surface area is 129 Å². The normalized spacial score (nSPS) is 26.3. The Kier molecular flexibility index (Phi) is 4.88. The minimum absolute atomic E-state index is 0.181. The zero-order valence-electron chi connectivity index (χ0n) is 12.2. The topological polar surface area (TPSA) is 66.4 Å². The van der Waals surface area contributed by atoms with Crippen molar-refractivity contribution in [1.82, 2.24) is 5.32 Å². The Hall–Kier alpha value is -1.55. The molecular formula is C16H20ClNO3. The molecule has 5 heteroatoms. The lowest BCUT2D eigenvalue weighted by Gasteiger charge is -2.20. The van der Waals surface area contributed by atoms with Gasteiger partial charge in [-0.25, -0.2) is 0 Å². The molecule has 0 bridgehead atoms. The largest absolute Gasteiger partial charge is 0.481 e. The van der Waals surface area contributed by atoms with Gasteiger partial charge in [-0.3, -0.25) is 9.59 Å². The maximum absolute atomic E-state index is 12.4. The summed E-state index contributed by atoms with van der Waals surface area (Å²) in [5.41, 5.74) is 0.911. The van der Waals surface area contributed by atoms with Crippen molar-refractivity contribution < 1.29 is 14.7 Å². The van der Waals surface area contributed by atoms with Crippen molar-refractivity contribution in [3.8, 4) is 0 Å². The number of carbonyl (C=O) groups excluding carboxylic acids is 1. The number of hydrogen-bond acceptors (Lipinski definition) is 2. The van der Waals surface area contributed by atoms with E-state index in [0.29, 0.717) is 17.9 Å². The van der Waals surface area contributed by atoms with Crippen LogP contribution in [0, 0.1) is 17.8 Å². The summed E-state index contributed by atoms with van der Waals surface area (Å²) in [6, 6.07) is 7.11. The van der Waals surface area contributed by atoms with Gasteiger partial charge in [-0.2, -0.15) is 0 Å². The van der Waals surface area contributed by atoms with Gasteiger partial charge in [-0.1, -0.05) is 30.7 Å². The maximum atomic E-state index is 12.4. The molecule has 0 spiro atoms. The molecule has 1 aliphatic rings. The fourth-order valence-corrected chi connectivity index (χ4v) is 3.23. The second kappa shape index (κ2) is 6.48. The molecule has 1 saturated carbocycles. The highest BCUT2D eigenvalue weighted by Gasteiger charge is 2.41. The van der Waals surface area contributed by atoms with Gasteiger partial charge >= 0.3 is 5.97 Å². The number of amides is 1. The zero-order chi connectivity index (χ0) is 15.6. The van der Waals surface area contributed by atoms with E-state index in [-0.39, 0.29) is 17.9 Å². The van der Waals surface area contributed by atoms with Crippen molar-refractivity contribution >= 4 is 23.5 Å². The quantitative estimate of drug-likeness (QED) is 0.897. The average Bonchev–Trinajstić information content (AvgIpc) is 2.81. The molecule has 2 N–H and O–H groups in total. The zero-order valence-corrected chi connectivity index (χ0v) is 12.9. The van der Waals surface area contributed by atoms with Crippen LogP contribution in [0.1, 0.15) is 38.3 Å². The first kappa shape index (κ1) is 15.8. The number of hydrogen-bond donors (Lipinski definition) is 2. The summed E-state index contributed by atoms with van der Waals surface area (Å²) in [5.74, 6) is -1.82. The molecule has 4 unspecified atom stereocenters. The minimum atomic E-state index is -0.880. The number of nitrogens with one attached hydrogen (secondary N) is 1. The van der Waals surface area contributed by atoms with E-state index >= 15 is 0 Å². The van der Waals surface area contributed by atoms with Gasteiger partial charge in [-0.05, 0) is 43.4 Å². The Morgan fingerprint density at radius 2 is 2.00 bits per heavy atom. The highest BCUT2D eigenvalue weighted by molar-refractivity contribution is 6.30. The van der Waals surface area contributed by atoms with E-state index < -0.39 is 17.8 Å². The lowest BCUT2D eigenvalue weighted by atomic mass is 9.94. The van der Waals surface area contributed by atoms with Crippen LogP contribution in [-0.4, -0.2) is 17.0 Å². The number of carbonyl (C=O) groups is 2.